The highest BCUT2D eigenvalue weighted by Gasteiger charge is 2.24. The molecule has 1 amide bonds. The molecule has 1 aromatic rings. The minimum atomic E-state index is 0.348. The van der Waals surface area contributed by atoms with E-state index in [9.17, 15) is 4.79 Å². The van der Waals surface area contributed by atoms with Gasteiger partial charge in [0, 0.05) is 62.1 Å². The molecular formula is C18H28N2O2S. The van der Waals surface area contributed by atoms with Crippen LogP contribution in [-0.4, -0.2) is 55.1 Å². The van der Waals surface area contributed by atoms with E-state index in [0.29, 0.717) is 18.2 Å². The molecule has 0 radical (unpaired) electrons. The highest BCUT2D eigenvalue weighted by molar-refractivity contribution is 7.11. The monoisotopic (exact) mass is 336 g/mol. The number of piperazine rings is 1. The number of hydrogen-bond donors (Lipinski definition) is 0. The summed E-state index contributed by atoms with van der Waals surface area (Å²) < 4.78 is 5.38. The van der Waals surface area contributed by atoms with E-state index in [1.807, 2.05) is 11.3 Å². The molecule has 3 rings (SSSR count). The van der Waals surface area contributed by atoms with Crippen LogP contribution >= 0.6 is 11.3 Å². The molecule has 0 spiro atoms. The Kier molecular flexibility index (Phi) is 6.08. The predicted octanol–water partition coefficient (Wildman–Crippen LogP) is 2.77. The van der Waals surface area contributed by atoms with Crippen LogP contribution in [0.25, 0.3) is 0 Å². The van der Waals surface area contributed by atoms with Crippen molar-refractivity contribution in [3.8, 4) is 0 Å². The van der Waals surface area contributed by atoms with Gasteiger partial charge in [-0.2, -0.15) is 0 Å². The van der Waals surface area contributed by atoms with Crippen molar-refractivity contribution in [2.24, 2.45) is 5.92 Å². The van der Waals surface area contributed by atoms with E-state index in [-0.39, 0.29) is 0 Å². The van der Waals surface area contributed by atoms with Gasteiger partial charge in [-0.3, -0.25) is 9.69 Å². The zero-order valence-electron chi connectivity index (χ0n) is 14.1. The second-order valence-electron chi connectivity index (χ2n) is 6.64. The smallest absolute Gasteiger partial charge is 0.222 e. The fraction of sp³-hybridized carbons (Fsp3) is 0.722. The maximum absolute atomic E-state index is 12.4. The lowest BCUT2D eigenvalue weighted by Gasteiger charge is -2.35. The summed E-state index contributed by atoms with van der Waals surface area (Å²) in [6.07, 6.45) is 3.93. The van der Waals surface area contributed by atoms with Gasteiger partial charge in [-0.05, 0) is 37.3 Å². The quantitative estimate of drug-likeness (QED) is 0.829. The Morgan fingerprint density at radius 1 is 1.17 bits per heavy atom. The number of carbonyl (C=O) groups excluding carboxylic acids is 1. The van der Waals surface area contributed by atoms with E-state index in [1.165, 1.54) is 9.75 Å². The van der Waals surface area contributed by atoms with Gasteiger partial charge in [0.05, 0.1) is 0 Å². The first-order valence-corrected chi connectivity index (χ1v) is 9.71. The lowest BCUT2D eigenvalue weighted by molar-refractivity contribution is -0.134. The van der Waals surface area contributed by atoms with Crippen LogP contribution in [0.1, 0.15) is 35.9 Å². The molecule has 0 aromatic carbocycles. The van der Waals surface area contributed by atoms with Crippen LogP contribution < -0.4 is 0 Å². The minimum Gasteiger partial charge on any atom is -0.381 e. The molecule has 2 fully saturated rings. The van der Waals surface area contributed by atoms with Crippen LogP contribution in [0.5, 0.6) is 0 Å². The third-order valence-corrected chi connectivity index (χ3v) is 6.19. The average molecular weight is 337 g/mol. The topological polar surface area (TPSA) is 32.8 Å². The largest absolute Gasteiger partial charge is 0.381 e. The Hall–Kier alpha value is -0.910. The molecule has 128 valence electrons. The molecule has 3 heterocycles. The highest BCUT2D eigenvalue weighted by atomic mass is 32.1. The van der Waals surface area contributed by atoms with E-state index >= 15 is 0 Å². The molecule has 2 saturated heterocycles. The van der Waals surface area contributed by atoms with E-state index in [4.69, 9.17) is 4.74 Å². The number of aryl methyl sites for hydroxylation is 1. The zero-order valence-corrected chi connectivity index (χ0v) is 14.9. The number of amides is 1. The third-order valence-electron chi connectivity index (χ3n) is 4.97. The lowest BCUT2D eigenvalue weighted by Crippen LogP contribution is -2.48. The molecule has 0 bridgehead atoms. The number of hydrogen-bond acceptors (Lipinski definition) is 4. The summed E-state index contributed by atoms with van der Waals surface area (Å²) in [6, 6.07) is 4.50. The van der Waals surface area contributed by atoms with Crippen molar-refractivity contribution in [1.29, 1.82) is 0 Å². The molecule has 0 unspecified atom stereocenters. The second-order valence-corrected chi connectivity index (χ2v) is 7.89. The first kappa shape index (κ1) is 16.9. The van der Waals surface area contributed by atoms with Gasteiger partial charge in [0.15, 0.2) is 0 Å². The molecule has 1 aromatic heterocycles. The first-order chi connectivity index (χ1) is 11.2. The van der Waals surface area contributed by atoms with Crippen LogP contribution in [0.15, 0.2) is 12.1 Å². The van der Waals surface area contributed by atoms with Gasteiger partial charge >= 0.3 is 0 Å². The van der Waals surface area contributed by atoms with Crippen LogP contribution in [0.4, 0.5) is 0 Å². The maximum Gasteiger partial charge on any atom is 0.222 e. The van der Waals surface area contributed by atoms with Crippen LogP contribution in [0.3, 0.4) is 0 Å². The molecule has 5 heteroatoms. The molecule has 0 N–H and O–H groups in total. The van der Waals surface area contributed by atoms with Crippen LogP contribution in [0, 0.1) is 5.92 Å². The van der Waals surface area contributed by atoms with Gasteiger partial charge < -0.3 is 9.64 Å². The maximum atomic E-state index is 12.4. The Morgan fingerprint density at radius 3 is 2.52 bits per heavy atom. The van der Waals surface area contributed by atoms with Crippen LogP contribution in [0.2, 0.25) is 0 Å². The normalized spacial score (nSPS) is 20.8. The third kappa shape index (κ3) is 4.78. The van der Waals surface area contributed by atoms with E-state index in [1.54, 1.807) is 0 Å². The molecule has 4 nitrogen and oxygen atoms in total. The summed E-state index contributed by atoms with van der Waals surface area (Å²) in [6.45, 7) is 8.66. The summed E-state index contributed by atoms with van der Waals surface area (Å²) in [7, 11) is 0. The summed E-state index contributed by atoms with van der Waals surface area (Å²) in [5.74, 6) is 0.883. The molecule has 2 aliphatic rings. The fourth-order valence-corrected chi connectivity index (χ4v) is 4.40. The van der Waals surface area contributed by atoms with Crippen LogP contribution in [-0.2, 0) is 22.5 Å². The summed E-state index contributed by atoms with van der Waals surface area (Å²) in [5, 5.41) is 0. The van der Waals surface area contributed by atoms with E-state index in [2.05, 4.69) is 28.9 Å². The van der Waals surface area contributed by atoms with Gasteiger partial charge in [0.2, 0.25) is 5.91 Å². The summed E-state index contributed by atoms with van der Waals surface area (Å²) >= 11 is 1.92. The van der Waals surface area contributed by atoms with Crippen molar-refractivity contribution in [2.45, 2.75) is 39.2 Å². The Balaban J connectivity index is 1.41. The number of nitrogens with zero attached hydrogens (tertiary/aromatic N) is 2. The Bertz CT molecular complexity index is 503. The number of thiophene rings is 1. The van der Waals surface area contributed by atoms with E-state index < -0.39 is 0 Å². The van der Waals surface area contributed by atoms with Crippen molar-refractivity contribution < 1.29 is 9.53 Å². The standard InChI is InChI=1S/C18H28N2O2S/c1-2-16-3-4-17(23-16)14-19-7-9-20(10-8-19)18(21)13-15-5-11-22-12-6-15/h3-4,15H,2,5-14H2,1H3. The van der Waals surface area contributed by atoms with E-state index in [0.717, 1.165) is 65.2 Å². The molecule has 2 aliphatic heterocycles. The highest BCUT2D eigenvalue weighted by Crippen LogP contribution is 2.21. The van der Waals surface area contributed by atoms with Gasteiger partial charge in [-0.15, -0.1) is 11.3 Å². The zero-order chi connectivity index (χ0) is 16.1. The lowest BCUT2D eigenvalue weighted by atomic mass is 9.96. The van der Waals surface area contributed by atoms with Crippen molar-refractivity contribution in [2.75, 3.05) is 39.4 Å². The molecule has 0 saturated carbocycles. The van der Waals surface area contributed by atoms with Crippen molar-refractivity contribution in [3.05, 3.63) is 21.9 Å². The molecular weight excluding hydrogens is 308 g/mol. The summed E-state index contributed by atoms with van der Waals surface area (Å²) in [4.78, 5) is 19.9. The Morgan fingerprint density at radius 2 is 1.87 bits per heavy atom. The molecule has 23 heavy (non-hydrogen) atoms. The first-order valence-electron chi connectivity index (χ1n) is 8.90. The number of carbonyl (C=O) groups is 1. The molecule has 0 aliphatic carbocycles. The van der Waals surface area contributed by atoms with Crippen molar-refractivity contribution in [3.63, 3.8) is 0 Å². The van der Waals surface area contributed by atoms with Gasteiger partial charge in [-0.25, -0.2) is 0 Å². The fourth-order valence-electron chi connectivity index (χ4n) is 3.40. The van der Waals surface area contributed by atoms with Crippen molar-refractivity contribution >= 4 is 17.2 Å². The SMILES string of the molecule is CCc1ccc(CN2CCN(C(=O)CC3CCOCC3)CC2)s1. The second kappa shape index (κ2) is 8.27. The van der Waals surface area contributed by atoms with Crippen molar-refractivity contribution in [1.82, 2.24) is 9.80 Å². The van der Waals surface area contributed by atoms with Gasteiger partial charge in [0.1, 0.15) is 0 Å². The average Bonchev–Trinajstić information content (AvgIpc) is 3.04. The van der Waals surface area contributed by atoms with Gasteiger partial charge in [0.25, 0.3) is 0 Å². The minimum absolute atomic E-state index is 0.348. The number of ether oxygens (including phenoxy) is 1. The molecule has 0 atom stereocenters. The Labute approximate surface area is 143 Å². The van der Waals surface area contributed by atoms with Gasteiger partial charge in [-0.1, -0.05) is 6.92 Å². The number of rotatable bonds is 5. The predicted molar refractivity (Wildman–Crippen MR) is 93.7 cm³/mol. The summed E-state index contributed by atoms with van der Waals surface area (Å²) in [5.41, 5.74) is 0.